The third-order valence-electron chi connectivity index (χ3n) is 0.180. The van der Waals surface area contributed by atoms with Crippen molar-refractivity contribution in [1.82, 2.24) is 0 Å². The van der Waals surface area contributed by atoms with Gasteiger partial charge in [-0.15, -0.1) is 0 Å². The molecule has 0 aliphatic rings. The molecular weight excluding hydrogens is 166 g/mol. The van der Waals surface area contributed by atoms with Crippen LogP contribution < -0.4 is 0 Å². The summed E-state index contributed by atoms with van der Waals surface area (Å²) in [6, 6.07) is 0. The van der Waals surface area contributed by atoms with Crippen molar-refractivity contribution in [2.75, 3.05) is 0 Å². The monoisotopic (exact) mass is 168 g/mol. The Labute approximate surface area is 56.6 Å². The largest absolute Gasteiger partial charge is 0 e. The quantitative estimate of drug-likeness (QED) is 0.394. The van der Waals surface area contributed by atoms with Crippen LogP contribution in [0, 0.1) is 0 Å². The van der Waals surface area contributed by atoms with Crippen molar-refractivity contribution in [3.8, 4) is 0 Å². The first kappa shape index (κ1) is 11.3. The second kappa shape index (κ2) is 4.39. The molecule has 0 unspecified atom stereocenters. The second-order valence-corrected chi connectivity index (χ2v) is 2.71. The Morgan fingerprint density at radius 1 is 1.50 bits per heavy atom. The maximum atomic E-state index is 9.52. The minimum absolute atomic E-state index is 0. The summed E-state index contributed by atoms with van der Waals surface area (Å²) in [5.74, 6) is 0. The molecular formula is H2AlO5PSi. The van der Waals surface area contributed by atoms with Gasteiger partial charge in [0.15, 0.2) is 0 Å². The van der Waals surface area contributed by atoms with Crippen LogP contribution in [0.3, 0.4) is 0 Å². The van der Waals surface area contributed by atoms with Gasteiger partial charge in [-0.3, -0.25) is 0 Å². The molecule has 2 N–H and O–H groups in total. The van der Waals surface area contributed by atoms with E-state index in [-0.39, 0.29) is 11.0 Å². The predicted octanol–water partition coefficient (Wildman–Crippen LogP) is -1.32. The van der Waals surface area contributed by atoms with Crippen LogP contribution in [0.2, 0.25) is 0 Å². The topological polar surface area (TPSA) is 83.8 Å². The first-order valence-electron chi connectivity index (χ1n) is 1.24. The fourth-order valence-electron chi connectivity index (χ4n) is 0.0561. The number of hydrogen-bond donors (Lipinski definition) is 2. The molecule has 0 aliphatic carbocycles. The molecule has 0 spiro atoms. The number of hydrogen-bond acceptors (Lipinski definition) is 3. The van der Waals surface area contributed by atoms with Gasteiger partial charge in [0.1, 0.15) is 0 Å². The smallest absolute Gasteiger partial charge is 0 e. The van der Waals surface area contributed by atoms with Crippen molar-refractivity contribution in [2.45, 2.75) is 0 Å². The van der Waals surface area contributed by atoms with E-state index >= 15 is 0 Å². The van der Waals surface area contributed by atoms with Crippen LogP contribution in [0.25, 0.3) is 0 Å². The Bertz CT molecular complexity index is 105. The van der Waals surface area contributed by atoms with Crippen LogP contribution in [0.1, 0.15) is 0 Å². The van der Waals surface area contributed by atoms with Gasteiger partial charge in [0.25, 0.3) is 0 Å². The summed E-state index contributed by atoms with van der Waals surface area (Å²) in [7, 11) is -4.44. The molecule has 0 saturated heterocycles. The summed E-state index contributed by atoms with van der Waals surface area (Å²) in [5, 5.41) is 0. The Kier molecular flexibility index (Phi) is 6.20. The van der Waals surface area contributed by atoms with Gasteiger partial charge in [0.05, 0.1) is 0 Å². The molecule has 0 saturated carbocycles. The first-order valence-corrected chi connectivity index (χ1v) is 3.71. The van der Waals surface area contributed by atoms with Crippen LogP contribution in [0.5, 0.6) is 0 Å². The van der Waals surface area contributed by atoms with Gasteiger partial charge >= 0.3 is 45.0 Å². The predicted molar refractivity (Wildman–Crippen MR) is 25.3 cm³/mol. The molecule has 0 rings (SSSR count). The van der Waals surface area contributed by atoms with E-state index in [1.807, 2.05) is 0 Å². The van der Waals surface area contributed by atoms with Crippen LogP contribution >= 0.6 is 7.82 Å². The van der Waals surface area contributed by atoms with Crippen LogP contribution in [-0.2, 0) is 11.9 Å². The Hall–Kier alpha value is 0.499. The van der Waals surface area contributed by atoms with E-state index in [9.17, 15) is 8.37 Å². The average Bonchev–Trinajstić information content (AvgIpc) is 1.30. The van der Waals surface area contributed by atoms with Crippen molar-refractivity contribution in [1.29, 1.82) is 0 Å². The standard InChI is InChI=1S/Al.H3O4P.O.Si/c;1-5(2,3)4;;/h;(H3,1,2,3,4);;/q+1;;;/p-1. The summed E-state index contributed by atoms with van der Waals surface area (Å²) in [5.41, 5.74) is 0. The van der Waals surface area contributed by atoms with Crippen LogP contribution in [0.15, 0.2) is 0 Å². The number of phosphoric acid groups is 1. The SMILES string of the molecule is [O]=[Al][O]P(=O)(O)O.[Si]. The van der Waals surface area contributed by atoms with Crippen molar-refractivity contribution in [2.24, 2.45) is 0 Å². The van der Waals surface area contributed by atoms with Gasteiger partial charge < -0.3 is 0 Å². The van der Waals surface area contributed by atoms with E-state index in [1.54, 1.807) is 0 Å². The molecule has 0 aliphatic heterocycles. The van der Waals surface area contributed by atoms with E-state index in [0.717, 1.165) is 0 Å². The Morgan fingerprint density at radius 3 is 1.88 bits per heavy atom. The zero-order valence-electron chi connectivity index (χ0n) is 3.64. The molecule has 0 bridgehead atoms. The van der Waals surface area contributed by atoms with E-state index in [1.165, 1.54) is 0 Å². The molecule has 0 fully saturated rings. The Morgan fingerprint density at radius 2 is 1.88 bits per heavy atom. The van der Waals surface area contributed by atoms with Gasteiger partial charge in [0.2, 0.25) is 0 Å². The number of rotatable bonds is 2. The van der Waals surface area contributed by atoms with E-state index in [2.05, 4.69) is 3.58 Å². The summed E-state index contributed by atoms with van der Waals surface area (Å²) >= 11 is -1.80. The normalized spacial score (nSPS) is 8.75. The molecule has 44 valence electrons. The van der Waals surface area contributed by atoms with Gasteiger partial charge in [0, 0.05) is 11.0 Å². The van der Waals surface area contributed by atoms with Crippen molar-refractivity contribution in [3.63, 3.8) is 0 Å². The summed E-state index contributed by atoms with van der Waals surface area (Å²) in [6.45, 7) is 0. The third-order valence-corrected chi connectivity index (χ3v) is 1.62. The van der Waals surface area contributed by atoms with Gasteiger partial charge in [-0.2, -0.15) is 0 Å². The zero-order valence-corrected chi connectivity index (χ0v) is 6.69. The van der Waals surface area contributed by atoms with Crippen molar-refractivity contribution < 1.29 is 21.7 Å². The van der Waals surface area contributed by atoms with Crippen LogP contribution in [-0.4, -0.2) is 36.2 Å². The molecule has 8 heavy (non-hydrogen) atoms. The van der Waals surface area contributed by atoms with Crippen molar-refractivity contribution in [3.05, 3.63) is 0 Å². The fourth-order valence-corrected chi connectivity index (χ4v) is 0.505. The van der Waals surface area contributed by atoms with Crippen molar-refractivity contribution >= 4 is 34.3 Å². The fraction of sp³-hybridized carbons (Fsp3) is 0. The molecule has 5 nitrogen and oxygen atoms in total. The Balaban J connectivity index is 0. The van der Waals surface area contributed by atoms with E-state index in [0.29, 0.717) is 0 Å². The first-order chi connectivity index (χ1) is 3.06. The maximum absolute atomic E-state index is 9.52. The second-order valence-electron chi connectivity index (χ2n) is 0.692. The van der Waals surface area contributed by atoms with Crippen LogP contribution in [0.4, 0.5) is 0 Å². The molecule has 0 amide bonds. The molecule has 0 aromatic heterocycles. The summed E-state index contributed by atoms with van der Waals surface area (Å²) in [6.07, 6.45) is 0. The molecule has 0 aromatic rings. The van der Waals surface area contributed by atoms with E-state index < -0.39 is 23.3 Å². The summed E-state index contributed by atoms with van der Waals surface area (Å²) in [4.78, 5) is 15.5. The minimum Gasteiger partial charge on any atom is 0 e. The molecule has 8 heteroatoms. The van der Waals surface area contributed by atoms with Gasteiger partial charge in [-0.25, -0.2) is 0 Å². The van der Waals surface area contributed by atoms with Gasteiger partial charge in [-0.05, 0) is 0 Å². The summed E-state index contributed by atoms with van der Waals surface area (Å²) < 4.78 is 22.3. The minimum atomic E-state index is -4.44. The molecule has 0 aromatic carbocycles. The van der Waals surface area contributed by atoms with E-state index in [4.69, 9.17) is 9.79 Å². The third kappa shape index (κ3) is 9.71. The molecule has 4 radical (unpaired) electrons. The molecule has 0 atom stereocenters. The maximum Gasteiger partial charge on any atom is 0 e. The zero-order chi connectivity index (χ0) is 5.91. The van der Waals surface area contributed by atoms with Gasteiger partial charge in [-0.1, -0.05) is 0 Å². The molecule has 0 heterocycles. The average molecular weight is 168 g/mol.